The lowest BCUT2D eigenvalue weighted by Gasteiger charge is -2.27. The van der Waals surface area contributed by atoms with Crippen LogP contribution in [0.1, 0.15) is 25.7 Å². The third kappa shape index (κ3) is 3.09. The quantitative estimate of drug-likeness (QED) is 0.786. The van der Waals surface area contributed by atoms with Crippen LogP contribution in [-0.4, -0.2) is 49.7 Å². The van der Waals surface area contributed by atoms with E-state index in [1.165, 1.54) is 12.8 Å². The molecule has 94 valence electrons. The summed E-state index contributed by atoms with van der Waals surface area (Å²) in [7, 11) is 1.72. The van der Waals surface area contributed by atoms with E-state index in [2.05, 4.69) is 5.32 Å². The number of rotatable bonds is 2. The zero-order chi connectivity index (χ0) is 10.7. The smallest absolute Gasteiger partial charge is 0.239 e. The van der Waals surface area contributed by atoms with Gasteiger partial charge in [0, 0.05) is 20.2 Å². The molecule has 2 aliphatic rings. The zero-order valence-corrected chi connectivity index (χ0v) is 10.6. The Bertz CT molecular complexity index is 232. The van der Waals surface area contributed by atoms with Crippen LogP contribution in [-0.2, 0) is 9.53 Å². The maximum absolute atomic E-state index is 12.1. The van der Waals surface area contributed by atoms with E-state index in [4.69, 9.17) is 4.74 Å². The van der Waals surface area contributed by atoms with E-state index >= 15 is 0 Å². The Labute approximate surface area is 103 Å². The first-order chi connectivity index (χ1) is 7.31. The van der Waals surface area contributed by atoms with Crippen LogP contribution >= 0.6 is 12.4 Å². The summed E-state index contributed by atoms with van der Waals surface area (Å²) < 4.78 is 5.26. The van der Waals surface area contributed by atoms with Crippen LogP contribution in [0.2, 0.25) is 0 Å². The number of hydrogen-bond donors (Lipinski definition) is 1. The number of amides is 1. The van der Waals surface area contributed by atoms with Gasteiger partial charge in [-0.25, -0.2) is 0 Å². The molecular weight excluding hydrogens is 228 g/mol. The van der Waals surface area contributed by atoms with Gasteiger partial charge >= 0.3 is 0 Å². The molecule has 2 heterocycles. The highest BCUT2D eigenvalue weighted by Crippen LogP contribution is 2.16. The van der Waals surface area contributed by atoms with Gasteiger partial charge in [0.15, 0.2) is 0 Å². The molecule has 0 saturated carbocycles. The molecular formula is C11H21ClN2O2. The fourth-order valence-corrected chi connectivity index (χ4v) is 2.40. The molecule has 1 N–H and O–H groups in total. The second-order valence-corrected chi connectivity index (χ2v) is 4.43. The van der Waals surface area contributed by atoms with Gasteiger partial charge in [-0.2, -0.15) is 0 Å². The third-order valence-electron chi connectivity index (χ3n) is 3.40. The van der Waals surface area contributed by atoms with E-state index in [9.17, 15) is 4.79 Å². The van der Waals surface area contributed by atoms with Gasteiger partial charge in [0.25, 0.3) is 0 Å². The molecule has 0 bridgehead atoms. The number of hydrogen-bond acceptors (Lipinski definition) is 3. The van der Waals surface area contributed by atoms with Crippen molar-refractivity contribution in [1.82, 2.24) is 10.2 Å². The van der Waals surface area contributed by atoms with Gasteiger partial charge in [-0.15, -0.1) is 12.4 Å². The van der Waals surface area contributed by atoms with Gasteiger partial charge in [0.2, 0.25) is 5.91 Å². The van der Waals surface area contributed by atoms with Crippen molar-refractivity contribution in [2.24, 2.45) is 0 Å². The maximum Gasteiger partial charge on any atom is 0.239 e. The van der Waals surface area contributed by atoms with E-state index in [0.29, 0.717) is 0 Å². The third-order valence-corrected chi connectivity index (χ3v) is 3.40. The van der Waals surface area contributed by atoms with Crippen molar-refractivity contribution in [3.63, 3.8) is 0 Å². The lowest BCUT2D eigenvalue weighted by Crippen LogP contribution is -2.48. The number of likely N-dealkylation sites (tertiary alicyclic amines) is 1. The second kappa shape index (κ2) is 6.42. The summed E-state index contributed by atoms with van der Waals surface area (Å²) in [6, 6.07) is 0.0642. The Hall–Kier alpha value is -0.320. The molecule has 4 nitrogen and oxygen atoms in total. The Balaban J connectivity index is 0.00000128. The fraction of sp³-hybridized carbons (Fsp3) is 0.909. The first kappa shape index (κ1) is 13.7. The van der Waals surface area contributed by atoms with Crippen molar-refractivity contribution < 1.29 is 9.53 Å². The highest BCUT2D eigenvalue weighted by atomic mass is 35.5. The summed E-state index contributed by atoms with van der Waals surface area (Å²) in [6.07, 6.45) is 4.59. The van der Waals surface area contributed by atoms with Crippen LogP contribution in [0.3, 0.4) is 0 Å². The van der Waals surface area contributed by atoms with Crippen molar-refractivity contribution in [3.05, 3.63) is 0 Å². The van der Waals surface area contributed by atoms with Gasteiger partial charge in [-0.05, 0) is 25.8 Å². The zero-order valence-electron chi connectivity index (χ0n) is 9.78. The Morgan fingerprint density at radius 1 is 1.38 bits per heavy atom. The molecule has 2 aliphatic heterocycles. The van der Waals surface area contributed by atoms with Crippen LogP contribution in [0.4, 0.5) is 0 Å². The summed E-state index contributed by atoms with van der Waals surface area (Å²) in [5, 5.41) is 3.30. The van der Waals surface area contributed by atoms with Gasteiger partial charge in [-0.1, -0.05) is 6.42 Å². The number of piperidine rings is 1. The van der Waals surface area contributed by atoms with E-state index in [1.54, 1.807) is 7.11 Å². The van der Waals surface area contributed by atoms with Crippen molar-refractivity contribution >= 4 is 18.3 Å². The number of nitrogens with one attached hydrogen (secondary N) is 1. The number of ether oxygens (including phenoxy) is 1. The van der Waals surface area contributed by atoms with Gasteiger partial charge in [0.1, 0.15) is 0 Å². The minimum atomic E-state index is 0. The molecule has 1 unspecified atom stereocenters. The topological polar surface area (TPSA) is 41.6 Å². The average molecular weight is 249 g/mol. The highest BCUT2D eigenvalue weighted by Gasteiger charge is 2.31. The predicted molar refractivity (Wildman–Crippen MR) is 64.9 cm³/mol. The molecule has 2 saturated heterocycles. The summed E-state index contributed by atoms with van der Waals surface area (Å²) >= 11 is 0. The highest BCUT2D eigenvalue weighted by molar-refractivity contribution is 5.85. The lowest BCUT2D eigenvalue weighted by atomic mass is 10.0. The van der Waals surface area contributed by atoms with Crippen LogP contribution < -0.4 is 5.32 Å². The van der Waals surface area contributed by atoms with E-state index in [-0.39, 0.29) is 30.5 Å². The molecule has 5 heteroatoms. The normalized spacial score (nSPS) is 29.9. The first-order valence-electron chi connectivity index (χ1n) is 5.86. The van der Waals surface area contributed by atoms with Crippen molar-refractivity contribution in [3.8, 4) is 0 Å². The monoisotopic (exact) mass is 248 g/mol. The molecule has 0 aromatic rings. The Morgan fingerprint density at radius 3 is 2.75 bits per heavy atom. The molecule has 0 spiro atoms. The van der Waals surface area contributed by atoms with E-state index < -0.39 is 0 Å². The van der Waals surface area contributed by atoms with Crippen LogP contribution in [0.25, 0.3) is 0 Å². The molecule has 2 fully saturated rings. The first-order valence-corrected chi connectivity index (χ1v) is 5.86. The minimum absolute atomic E-state index is 0. The second-order valence-electron chi connectivity index (χ2n) is 4.43. The Kier molecular flexibility index (Phi) is 5.52. The van der Waals surface area contributed by atoms with Crippen LogP contribution in [0.5, 0.6) is 0 Å². The Morgan fingerprint density at radius 2 is 2.19 bits per heavy atom. The molecule has 1 amide bonds. The number of methoxy groups -OCH3 is 1. The standard InChI is InChI=1S/C11H20N2O2.ClH/c1-15-9-5-7-13(8-9)11(14)10-4-2-3-6-12-10;/h9-10,12H,2-8H2,1H3;1H/t9-,10?;/m0./s1. The summed E-state index contributed by atoms with van der Waals surface area (Å²) in [5.74, 6) is 0.272. The molecule has 0 aromatic carbocycles. The van der Waals surface area contributed by atoms with Gasteiger partial charge < -0.3 is 15.0 Å². The van der Waals surface area contributed by atoms with Crippen molar-refractivity contribution in [1.29, 1.82) is 0 Å². The van der Waals surface area contributed by atoms with Gasteiger partial charge in [-0.3, -0.25) is 4.79 Å². The molecule has 16 heavy (non-hydrogen) atoms. The lowest BCUT2D eigenvalue weighted by molar-refractivity contribution is -0.133. The minimum Gasteiger partial charge on any atom is -0.380 e. The van der Waals surface area contributed by atoms with Crippen LogP contribution in [0.15, 0.2) is 0 Å². The number of carbonyl (C=O) groups excluding carboxylic acids is 1. The summed E-state index contributed by atoms with van der Waals surface area (Å²) in [5.41, 5.74) is 0. The fourth-order valence-electron chi connectivity index (χ4n) is 2.40. The largest absolute Gasteiger partial charge is 0.380 e. The average Bonchev–Trinajstić information content (AvgIpc) is 2.78. The van der Waals surface area contributed by atoms with Crippen LogP contribution in [0, 0.1) is 0 Å². The predicted octanol–water partition coefficient (Wildman–Crippen LogP) is 0.798. The molecule has 0 radical (unpaired) electrons. The van der Waals surface area contributed by atoms with Crippen molar-refractivity contribution in [2.75, 3.05) is 26.7 Å². The number of nitrogens with zero attached hydrogens (tertiary/aromatic N) is 1. The molecule has 0 aromatic heterocycles. The molecule has 0 aliphatic carbocycles. The summed E-state index contributed by atoms with van der Waals surface area (Å²) in [6.45, 7) is 2.61. The molecule has 2 atom stereocenters. The van der Waals surface area contributed by atoms with E-state index in [1.807, 2.05) is 4.90 Å². The molecule has 2 rings (SSSR count). The number of halogens is 1. The number of carbonyl (C=O) groups is 1. The maximum atomic E-state index is 12.1. The summed E-state index contributed by atoms with van der Waals surface area (Å²) in [4.78, 5) is 14.0. The SMILES string of the molecule is CO[C@H]1CCN(C(=O)C2CCCCN2)C1.Cl. The van der Waals surface area contributed by atoms with E-state index in [0.717, 1.165) is 32.5 Å². The van der Waals surface area contributed by atoms with Gasteiger partial charge in [0.05, 0.1) is 12.1 Å². The van der Waals surface area contributed by atoms with Crippen molar-refractivity contribution in [2.45, 2.75) is 37.8 Å².